The fourth-order valence-corrected chi connectivity index (χ4v) is 2.38. The van der Waals surface area contributed by atoms with Gasteiger partial charge >= 0.3 is 11.9 Å². The van der Waals surface area contributed by atoms with Gasteiger partial charge < -0.3 is 9.47 Å². The molecule has 0 saturated heterocycles. The number of carbonyl (C=O) groups excluding carboxylic acids is 4. The Morgan fingerprint density at radius 1 is 0.577 bits per heavy atom. The second-order valence-corrected chi connectivity index (χ2v) is 5.12. The number of ketones is 2. The second kappa shape index (κ2) is 8.53. The van der Waals surface area contributed by atoms with Crippen LogP contribution in [0.25, 0.3) is 11.1 Å². The molecule has 6 heteroatoms. The minimum atomic E-state index is -1.14. The Morgan fingerprint density at radius 2 is 0.885 bits per heavy atom. The number of carbonyl (C=O) groups is 4. The van der Waals surface area contributed by atoms with Crippen molar-refractivity contribution in [3.63, 3.8) is 0 Å². The maximum atomic E-state index is 12.7. The maximum Gasteiger partial charge on any atom is 0.379 e. The van der Waals surface area contributed by atoms with E-state index in [-0.39, 0.29) is 11.1 Å². The summed E-state index contributed by atoms with van der Waals surface area (Å²) in [4.78, 5) is 49.1. The summed E-state index contributed by atoms with van der Waals surface area (Å²) in [5.74, 6) is -4.35. The predicted molar refractivity (Wildman–Crippen MR) is 93.7 cm³/mol. The van der Waals surface area contributed by atoms with E-state index in [2.05, 4.69) is 9.47 Å². The van der Waals surface area contributed by atoms with E-state index in [4.69, 9.17) is 0 Å². The van der Waals surface area contributed by atoms with E-state index in [1.807, 2.05) is 0 Å². The average molecular weight is 352 g/mol. The van der Waals surface area contributed by atoms with Crippen LogP contribution in [-0.4, -0.2) is 37.7 Å². The van der Waals surface area contributed by atoms with Crippen LogP contribution in [0, 0.1) is 0 Å². The lowest BCUT2D eigenvalue weighted by molar-refractivity contribution is -0.149. The van der Waals surface area contributed by atoms with E-state index >= 15 is 0 Å². The molecule has 0 unspecified atom stereocenters. The van der Waals surface area contributed by atoms with Gasteiger partial charge in [-0.3, -0.25) is 9.59 Å². The molecule has 2 aromatic carbocycles. The van der Waals surface area contributed by atoms with Crippen molar-refractivity contribution in [1.82, 2.24) is 0 Å². The van der Waals surface area contributed by atoms with Crippen molar-refractivity contribution in [3.05, 3.63) is 71.8 Å². The molecule has 2 aromatic rings. The Balaban J connectivity index is 2.86. The standard InChI is InChI=1S/C20H16O6/c1-25-19(23)17(21)15(13-9-5-3-6-10-13)16(18(22)20(24)26-2)14-11-7-4-8-12-14/h3-12H,1-2H3. The molecule has 6 nitrogen and oxygen atoms in total. The van der Waals surface area contributed by atoms with Gasteiger partial charge in [0.15, 0.2) is 0 Å². The Morgan fingerprint density at radius 3 is 1.15 bits per heavy atom. The smallest absolute Gasteiger partial charge is 0.379 e. The zero-order chi connectivity index (χ0) is 19.1. The fraction of sp³-hybridized carbons (Fsp3) is 0.100. The number of benzene rings is 2. The summed E-state index contributed by atoms with van der Waals surface area (Å²) in [7, 11) is 2.13. The lowest BCUT2D eigenvalue weighted by Crippen LogP contribution is -2.23. The molecule has 0 N–H and O–H groups in total. The Kier molecular flexibility index (Phi) is 6.16. The first kappa shape index (κ1) is 18.8. The number of methoxy groups -OCH3 is 2. The van der Waals surface area contributed by atoms with Crippen LogP contribution in [0.15, 0.2) is 60.7 Å². The van der Waals surface area contributed by atoms with E-state index < -0.39 is 23.5 Å². The minimum Gasteiger partial charge on any atom is -0.463 e. The number of hydrogen-bond donors (Lipinski definition) is 0. The molecule has 0 fully saturated rings. The van der Waals surface area contributed by atoms with Crippen LogP contribution < -0.4 is 0 Å². The topological polar surface area (TPSA) is 86.7 Å². The van der Waals surface area contributed by atoms with Crippen LogP contribution in [0.5, 0.6) is 0 Å². The Hall–Kier alpha value is -3.54. The molecule has 0 spiro atoms. The average Bonchev–Trinajstić information content (AvgIpc) is 2.70. The third-order valence-electron chi connectivity index (χ3n) is 3.57. The molecule has 0 heterocycles. The summed E-state index contributed by atoms with van der Waals surface area (Å²) >= 11 is 0. The summed E-state index contributed by atoms with van der Waals surface area (Å²) in [6.45, 7) is 0. The summed E-state index contributed by atoms with van der Waals surface area (Å²) in [5.41, 5.74) is 0.163. The lowest BCUT2D eigenvalue weighted by Gasteiger charge is -2.13. The van der Waals surface area contributed by atoms with Gasteiger partial charge in [0, 0.05) is 11.1 Å². The first-order valence-corrected chi connectivity index (χ1v) is 7.61. The van der Waals surface area contributed by atoms with Gasteiger partial charge in [-0.2, -0.15) is 0 Å². The van der Waals surface area contributed by atoms with Crippen molar-refractivity contribution >= 4 is 34.7 Å². The van der Waals surface area contributed by atoms with Gasteiger partial charge in [-0.15, -0.1) is 0 Å². The molecule has 26 heavy (non-hydrogen) atoms. The fourth-order valence-electron chi connectivity index (χ4n) is 2.38. The lowest BCUT2D eigenvalue weighted by atomic mass is 9.89. The zero-order valence-electron chi connectivity index (χ0n) is 14.2. The number of rotatable bonds is 6. The van der Waals surface area contributed by atoms with Crippen molar-refractivity contribution < 1.29 is 28.7 Å². The van der Waals surface area contributed by atoms with Crippen LogP contribution in [0.2, 0.25) is 0 Å². The quantitative estimate of drug-likeness (QED) is 0.342. The summed E-state index contributed by atoms with van der Waals surface area (Å²) in [5, 5.41) is 0. The highest BCUT2D eigenvalue weighted by Crippen LogP contribution is 2.29. The van der Waals surface area contributed by atoms with Crippen LogP contribution >= 0.6 is 0 Å². The molecule has 0 atom stereocenters. The monoisotopic (exact) mass is 352 g/mol. The first-order valence-electron chi connectivity index (χ1n) is 7.61. The molecule has 0 aliphatic carbocycles. The van der Waals surface area contributed by atoms with Gasteiger partial charge in [-0.05, 0) is 11.1 Å². The van der Waals surface area contributed by atoms with E-state index in [0.29, 0.717) is 11.1 Å². The molecule has 0 radical (unpaired) electrons. The van der Waals surface area contributed by atoms with Gasteiger partial charge in [-0.25, -0.2) is 9.59 Å². The molecular weight excluding hydrogens is 336 g/mol. The molecule has 2 rings (SSSR count). The largest absolute Gasteiger partial charge is 0.463 e. The molecule has 0 aliphatic heterocycles. The van der Waals surface area contributed by atoms with Crippen molar-refractivity contribution in [2.24, 2.45) is 0 Å². The van der Waals surface area contributed by atoms with Crippen molar-refractivity contribution in [1.29, 1.82) is 0 Å². The zero-order valence-corrected chi connectivity index (χ0v) is 14.2. The Labute approximate surface area is 150 Å². The van der Waals surface area contributed by atoms with Gasteiger partial charge in [0.2, 0.25) is 0 Å². The Bertz CT molecular complexity index is 792. The number of ether oxygens (including phenoxy) is 2. The van der Waals surface area contributed by atoms with Crippen molar-refractivity contribution in [2.45, 2.75) is 0 Å². The molecule has 0 bridgehead atoms. The van der Waals surface area contributed by atoms with E-state index in [9.17, 15) is 19.2 Å². The number of esters is 2. The van der Waals surface area contributed by atoms with Crippen molar-refractivity contribution in [3.8, 4) is 0 Å². The molecule has 0 amide bonds. The van der Waals surface area contributed by atoms with E-state index in [1.165, 1.54) is 0 Å². The molecule has 132 valence electrons. The van der Waals surface area contributed by atoms with E-state index in [0.717, 1.165) is 14.2 Å². The molecular formula is C20H16O6. The molecule has 0 aliphatic rings. The number of hydrogen-bond acceptors (Lipinski definition) is 6. The highest BCUT2D eigenvalue weighted by molar-refractivity contribution is 6.63. The molecule has 0 saturated carbocycles. The predicted octanol–water partition coefficient (Wildman–Crippen LogP) is 2.08. The SMILES string of the molecule is COC(=O)C(=O)C(=C(C(=O)C(=O)OC)c1ccccc1)c1ccccc1. The summed E-state index contributed by atoms with van der Waals surface area (Å²) in [6.07, 6.45) is 0. The van der Waals surface area contributed by atoms with Gasteiger partial charge in [0.25, 0.3) is 11.6 Å². The first-order chi connectivity index (χ1) is 12.5. The van der Waals surface area contributed by atoms with E-state index in [1.54, 1.807) is 60.7 Å². The minimum absolute atomic E-state index is 0.223. The highest BCUT2D eigenvalue weighted by Gasteiger charge is 2.31. The molecule has 0 aromatic heterocycles. The van der Waals surface area contributed by atoms with Gasteiger partial charge in [-0.1, -0.05) is 60.7 Å². The third kappa shape index (κ3) is 3.92. The second-order valence-electron chi connectivity index (χ2n) is 5.12. The van der Waals surface area contributed by atoms with Crippen molar-refractivity contribution in [2.75, 3.05) is 14.2 Å². The maximum absolute atomic E-state index is 12.7. The van der Waals surface area contributed by atoms with Gasteiger partial charge in [0.05, 0.1) is 14.2 Å². The van der Waals surface area contributed by atoms with Gasteiger partial charge in [0.1, 0.15) is 0 Å². The van der Waals surface area contributed by atoms with Crippen LogP contribution in [0.3, 0.4) is 0 Å². The summed E-state index contributed by atoms with van der Waals surface area (Å²) < 4.78 is 9.03. The highest BCUT2D eigenvalue weighted by atomic mass is 16.5. The van der Waals surface area contributed by atoms with Crippen LogP contribution in [0.4, 0.5) is 0 Å². The third-order valence-corrected chi connectivity index (χ3v) is 3.57. The van der Waals surface area contributed by atoms with Crippen LogP contribution in [-0.2, 0) is 28.7 Å². The van der Waals surface area contributed by atoms with Crippen LogP contribution in [0.1, 0.15) is 11.1 Å². The number of Topliss-reactive ketones (excluding diaryl/α,β-unsaturated/α-hetero) is 2. The summed E-state index contributed by atoms with van der Waals surface area (Å²) in [6, 6.07) is 16.2. The normalized spacial score (nSPS) is 11.2.